The van der Waals surface area contributed by atoms with Gasteiger partial charge in [0.25, 0.3) is 11.4 Å². The van der Waals surface area contributed by atoms with E-state index in [4.69, 9.17) is 60.6 Å². The van der Waals surface area contributed by atoms with Gasteiger partial charge in [-0.2, -0.15) is 0 Å². The van der Waals surface area contributed by atoms with Crippen LogP contribution in [0.4, 0.5) is 44.2 Å². The number of hydrogen-bond acceptors (Lipinski definition) is 23. The lowest BCUT2D eigenvalue weighted by Crippen LogP contribution is -2.51. The number of benzene rings is 4. The lowest BCUT2D eigenvalue weighted by molar-refractivity contribution is -0.385. The van der Waals surface area contributed by atoms with E-state index >= 15 is 0 Å². The van der Waals surface area contributed by atoms with Crippen LogP contribution in [-0.4, -0.2) is 128 Å². The number of nitrogens with one attached hydrogen (secondary N) is 2. The quantitative estimate of drug-likeness (QED) is 0.0426. The first-order valence-corrected chi connectivity index (χ1v) is 37.8. The molecule has 4 saturated heterocycles. The lowest BCUT2D eigenvalue weighted by atomic mass is 9.73. The van der Waals surface area contributed by atoms with Gasteiger partial charge in [0, 0.05) is 125 Å². The summed E-state index contributed by atoms with van der Waals surface area (Å²) < 4.78 is 92.9. The fourth-order valence-electron chi connectivity index (χ4n) is 13.9. The summed E-state index contributed by atoms with van der Waals surface area (Å²) >= 11 is 5.69. The van der Waals surface area contributed by atoms with Crippen LogP contribution in [0.5, 0.6) is 0 Å². The van der Waals surface area contributed by atoms with Crippen LogP contribution < -0.4 is 27.8 Å². The van der Waals surface area contributed by atoms with Crippen molar-refractivity contribution >= 4 is 97.0 Å². The zero-order chi connectivity index (χ0) is 73.4. The standard InChI is InChI=1S/C20H26FN3O5S.C20H28FN3O3S.C15H18FN3O3S.C15H19FN2OS/c1-5-14-9-20(15-8-13(24(26)27)6-7-16(15)21)12(10-28-14)11-30-17(23-20)22-18(25)29-19(2,3)4;1-5-14-9-20(15-8-13(22)6-7-16(15)21)12(10-26-14)11-28-17(24-20)23-18(25)27-19(2,3)4;1-2-11-6-15(9(7-22-11)8-23-14(17)18-15)12-5-10(19(20)21)3-4-13(12)16;1-2-11-7-15(12-5-3-4-6-13(12)16)10(8-19-11)9-20-14(17)18-15/h6-8,12,14H,5,9-11H2,1-4H3,(H,22,23,25);6-8,12,14H,5,9-11,22H2,1-4H3,(H,23,24,25);3-5,9,11H,2,6-8H2,1H3,(H2,17,18);3-6,10-11H,2,7-9H2,1H3,(H2,17,18)/t2*12-,14-,20-;9-,11-,15-;10-,11-,15-/m0000/s1. The van der Waals surface area contributed by atoms with Gasteiger partial charge in [0.2, 0.25) is 0 Å². The molecule has 8 heterocycles. The number of nitrogens with zero attached hydrogens (tertiary/aromatic N) is 6. The molecule has 550 valence electrons. The number of thioether (sulfide) groups is 4. The van der Waals surface area contributed by atoms with Crippen molar-refractivity contribution in [3.8, 4) is 0 Å². The number of carbonyl (C=O) groups is 2. The van der Waals surface area contributed by atoms with Crippen molar-refractivity contribution in [3.05, 3.63) is 145 Å². The number of alkyl carbamates (subject to hydrolysis) is 2. The average molecular weight is 1480 g/mol. The van der Waals surface area contributed by atoms with Gasteiger partial charge >= 0.3 is 12.2 Å². The minimum absolute atomic E-state index is 0.0132. The first kappa shape index (κ1) is 78.4. The summed E-state index contributed by atoms with van der Waals surface area (Å²) in [5.41, 5.74) is 14.9. The smallest absolute Gasteiger partial charge is 0.413 e. The van der Waals surface area contributed by atoms with Gasteiger partial charge in [-0.15, -0.1) is 0 Å². The molecule has 8 N–H and O–H groups in total. The van der Waals surface area contributed by atoms with Gasteiger partial charge in [0.05, 0.1) is 82.8 Å². The van der Waals surface area contributed by atoms with Crippen LogP contribution in [0.2, 0.25) is 0 Å². The Bertz CT molecular complexity index is 3810. The summed E-state index contributed by atoms with van der Waals surface area (Å²) in [5.74, 6) is 1.00. The van der Waals surface area contributed by atoms with E-state index in [0.29, 0.717) is 113 Å². The number of rotatable bonds is 10. The van der Waals surface area contributed by atoms with Crippen molar-refractivity contribution in [1.29, 1.82) is 0 Å². The van der Waals surface area contributed by atoms with Crippen LogP contribution in [0.25, 0.3) is 0 Å². The molecule has 12 rings (SSSR count). The van der Waals surface area contributed by atoms with Crippen molar-refractivity contribution in [1.82, 2.24) is 10.6 Å². The highest BCUT2D eigenvalue weighted by Gasteiger charge is 2.54. The number of hydrogen-bond donors (Lipinski definition) is 5. The van der Waals surface area contributed by atoms with E-state index in [-0.39, 0.29) is 82.2 Å². The first-order chi connectivity index (χ1) is 47.8. The summed E-state index contributed by atoms with van der Waals surface area (Å²) in [6, 6.07) is 18.6. The molecule has 12 atom stereocenters. The van der Waals surface area contributed by atoms with E-state index in [1.807, 2.05) is 32.9 Å². The fraction of sp³-hybridized carbons (Fsp3) is 0.571. The lowest BCUT2D eigenvalue weighted by Gasteiger charge is -2.47. The highest BCUT2D eigenvalue weighted by molar-refractivity contribution is 8.14. The van der Waals surface area contributed by atoms with Gasteiger partial charge in [-0.3, -0.25) is 50.8 Å². The summed E-state index contributed by atoms with van der Waals surface area (Å²) in [4.78, 5) is 64.7. The van der Waals surface area contributed by atoms with Crippen molar-refractivity contribution in [2.75, 3.05) is 55.2 Å². The molecular weight excluding hydrogens is 1390 g/mol. The predicted molar refractivity (Wildman–Crippen MR) is 389 cm³/mol. The van der Waals surface area contributed by atoms with Crippen molar-refractivity contribution < 1.29 is 65.4 Å². The maximum atomic E-state index is 15.0. The predicted octanol–water partition coefficient (Wildman–Crippen LogP) is 14.1. The Hall–Kier alpha value is -6.74. The molecule has 0 unspecified atom stereocenters. The molecule has 4 aromatic carbocycles. The number of amides is 2. The molecule has 31 heteroatoms. The Kier molecular flexibility index (Phi) is 25.6. The number of ether oxygens (including phenoxy) is 6. The van der Waals surface area contributed by atoms with E-state index in [1.165, 1.54) is 77.4 Å². The molecule has 4 aromatic rings. The van der Waals surface area contributed by atoms with Crippen molar-refractivity contribution in [2.24, 2.45) is 55.1 Å². The topological polar surface area (TPSA) is 327 Å². The Labute approximate surface area is 603 Å². The van der Waals surface area contributed by atoms with Crippen molar-refractivity contribution in [3.63, 3.8) is 0 Å². The summed E-state index contributed by atoms with van der Waals surface area (Å²) in [7, 11) is 0. The van der Waals surface area contributed by atoms with Gasteiger partial charge in [0.1, 0.15) is 34.5 Å². The number of nitrogens with two attached hydrogens (primary N) is 3. The number of carbonyl (C=O) groups excluding carboxylic acids is 2. The third-order valence-corrected chi connectivity index (χ3v) is 23.0. The van der Waals surface area contributed by atoms with Gasteiger partial charge < -0.3 is 45.6 Å². The largest absolute Gasteiger partial charge is 0.444 e. The molecule has 0 bridgehead atoms. The molecule has 0 saturated carbocycles. The minimum atomic E-state index is -1.06. The summed E-state index contributed by atoms with van der Waals surface area (Å²) in [6.45, 7) is 20.6. The Morgan fingerprint density at radius 3 is 1.16 bits per heavy atom. The molecule has 8 aliphatic heterocycles. The number of anilines is 1. The molecule has 23 nitrogen and oxygen atoms in total. The monoisotopic (exact) mass is 1480 g/mol. The van der Waals surface area contributed by atoms with Crippen LogP contribution in [0.1, 0.15) is 143 Å². The molecule has 8 aliphatic rings. The zero-order valence-electron chi connectivity index (χ0n) is 58.4. The average Bonchev–Trinajstić information content (AvgIpc) is 0.772. The van der Waals surface area contributed by atoms with Crippen LogP contribution in [0.15, 0.2) is 98.8 Å². The summed E-state index contributed by atoms with van der Waals surface area (Å²) in [5, 5.41) is 29.5. The van der Waals surface area contributed by atoms with E-state index in [9.17, 15) is 47.4 Å². The van der Waals surface area contributed by atoms with Crippen LogP contribution in [0, 0.1) is 67.2 Å². The Balaban J connectivity index is 0.000000158. The molecule has 4 fully saturated rings. The van der Waals surface area contributed by atoms with Gasteiger partial charge in [0.15, 0.2) is 20.7 Å². The van der Waals surface area contributed by atoms with Crippen LogP contribution in [-0.2, 0) is 50.6 Å². The SMILES string of the molecule is CC[C@H]1C[C@]2(c3cc(N)ccc3F)N=C(NC(=O)OC(C)(C)C)SC[C@@H]2CO1.CC[C@H]1C[C@]2(c3cc([N+](=O)[O-])ccc3F)N=C(N)SC[C@@H]2CO1.CC[C@H]1C[C@]2(c3cc([N+](=O)[O-])ccc3F)N=C(NC(=O)OC(C)(C)C)SC[C@@H]2CO1.CC[C@H]1C[C@]2(c3ccccc3F)N=C(N)SC[C@@H]2CO1. The second kappa shape index (κ2) is 32.9. The van der Waals surface area contributed by atoms with Crippen molar-refractivity contribution in [2.45, 2.75) is 178 Å². The Morgan fingerprint density at radius 1 is 0.495 bits per heavy atom. The third kappa shape index (κ3) is 18.4. The molecule has 0 aromatic heterocycles. The molecule has 2 amide bonds. The molecule has 0 spiro atoms. The zero-order valence-corrected chi connectivity index (χ0v) is 61.7. The second-order valence-electron chi connectivity index (χ2n) is 28.0. The van der Waals surface area contributed by atoms with E-state index in [1.54, 1.807) is 59.7 Å². The number of nitrogen functional groups attached to an aromatic ring is 1. The van der Waals surface area contributed by atoms with Crippen LogP contribution >= 0.6 is 47.0 Å². The van der Waals surface area contributed by atoms with Gasteiger partial charge in [-0.1, -0.05) is 92.9 Å². The fourth-order valence-corrected chi connectivity index (χ4v) is 18.1. The number of nitro benzene ring substituents is 2. The number of nitro groups is 2. The minimum Gasteiger partial charge on any atom is -0.444 e. The second-order valence-corrected chi connectivity index (χ2v) is 32.1. The van der Waals surface area contributed by atoms with E-state index in [2.05, 4.69) is 22.5 Å². The molecule has 0 radical (unpaired) electrons. The summed E-state index contributed by atoms with van der Waals surface area (Å²) in [6.07, 6.45) is 3.89. The Morgan fingerprint density at radius 2 is 0.812 bits per heavy atom. The normalized spacial score (nSPS) is 29.0. The van der Waals surface area contributed by atoms with Gasteiger partial charge in [-0.25, -0.2) is 27.2 Å². The number of fused-ring (bicyclic) bond motifs is 4. The number of amidine groups is 4. The van der Waals surface area contributed by atoms with E-state index in [0.717, 1.165) is 43.2 Å². The number of aliphatic imine (C=N–C) groups is 4. The first-order valence-electron chi connectivity index (χ1n) is 33.9. The molecule has 0 aliphatic carbocycles. The molecular formula is C70H91F4N11O12S4. The highest BCUT2D eigenvalue weighted by atomic mass is 32.2. The van der Waals surface area contributed by atoms with Gasteiger partial charge in [-0.05, 0) is 104 Å². The maximum absolute atomic E-state index is 15.0. The maximum Gasteiger partial charge on any atom is 0.413 e. The number of non-ortho nitro benzene ring substituents is 2. The van der Waals surface area contributed by atoms with Crippen LogP contribution in [0.3, 0.4) is 0 Å². The third-order valence-electron chi connectivity index (χ3n) is 19.0. The van der Waals surface area contributed by atoms with E-state index < -0.39 is 67.0 Å². The number of halogens is 4. The highest BCUT2D eigenvalue weighted by Crippen LogP contribution is 2.53. The molecule has 101 heavy (non-hydrogen) atoms.